The van der Waals surface area contributed by atoms with Gasteiger partial charge in [-0.1, -0.05) is 18.2 Å². The zero-order chi connectivity index (χ0) is 16.5. The number of nitrogens with zero attached hydrogens (tertiary/aromatic N) is 1. The van der Waals surface area contributed by atoms with Gasteiger partial charge in [-0.3, -0.25) is 4.79 Å². The molecule has 0 bridgehead atoms. The molecule has 1 fully saturated rings. The van der Waals surface area contributed by atoms with Crippen LogP contribution in [0.15, 0.2) is 18.2 Å². The maximum absolute atomic E-state index is 12.7. The van der Waals surface area contributed by atoms with Gasteiger partial charge in [0.05, 0.1) is 6.04 Å². The van der Waals surface area contributed by atoms with Crippen molar-refractivity contribution in [2.45, 2.75) is 51.3 Å². The third kappa shape index (κ3) is 3.35. The minimum absolute atomic E-state index is 0.00894. The van der Waals surface area contributed by atoms with Gasteiger partial charge in [-0.15, -0.1) is 0 Å². The molecule has 1 aliphatic heterocycles. The molecule has 0 unspecified atom stereocenters. The fourth-order valence-corrected chi connectivity index (χ4v) is 3.57. The molecule has 0 N–H and O–H groups in total. The SMILES string of the molecule is Cc1cccc([C@@H]2CCCCN2C(=O)[C@H](C)S(C)(=O)=O)c1C. The minimum Gasteiger partial charge on any atom is -0.335 e. The van der Waals surface area contributed by atoms with Crippen LogP contribution in [-0.2, 0) is 14.6 Å². The van der Waals surface area contributed by atoms with E-state index in [1.807, 2.05) is 6.07 Å². The van der Waals surface area contributed by atoms with Crippen molar-refractivity contribution < 1.29 is 13.2 Å². The third-order valence-corrected chi connectivity index (χ3v) is 6.27. The maximum atomic E-state index is 12.7. The fraction of sp³-hybridized carbons (Fsp3) is 0.588. The second-order valence-electron chi connectivity index (χ2n) is 6.30. The molecule has 2 rings (SSSR count). The lowest BCUT2D eigenvalue weighted by Crippen LogP contribution is -2.45. The average molecular weight is 323 g/mol. The van der Waals surface area contributed by atoms with Crippen LogP contribution >= 0.6 is 0 Å². The Morgan fingerprint density at radius 2 is 1.95 bits per heavy atom. The summed E-state index contributed by atoms with van der Waals surface area (Å²) in [6.07, 6.45) is 4.03. The molecule has 1 aromatic rings. The molecule has 0 aliphatic carbocycles. The summed E-state index contributed by atoms with van der Waals surface area (Å²) in [4.78, 5) is 14.4. The van der Waals surface area contributed by atoms with Crippen molar-refractivity contribution in [2.75, 3.05) is 12.8 Å². The second-order valence-corrected chi connectivity index (χ2v) is 8.67. The van der Waals surface area contributed by atoms with Gasteiger partial charge in [0.25, 0.3) is 0 Å². The summed E-state index contributed by atoms with van der Waals surface area (Å²) < 4.78 is 23.5. The molecule has 2 atom stereocenters. The summed E-state index contributed by atoms with van der Waals surface area (Å²) in [5.74, 6) is -0.270. The number of amides is 1. The largest absolute Gasteiger partial charge is 0.335 e. The third-order valence-electron chi connectivity index (χ3n) is 4.78. The van der Waals surface area contributed by atoms with Gasteiger partial charge in [0.1, 0.15) is 5.25 Å². The standard InChI is InChI=1S/C17H25NO3S/c1-12-8-7-9-15(13(12)2)16-10-5-6-11-18(16)17(19)14(3)22(4,20)21/h7-9,14,16H,5-6,10-11H2,1-4H3/t14-,16-/m0/s1. The molecular formula is C17H25NO3S. The highest BCUT2D eigenvalue weighted by Gasteiger charge is 2.35. The van der Waals surface area contributed by atoms with E-state index in [0.29, 0.717) is 6.54 Å². The molecule has 1 amide bonds. The van der Waals surface area contributed by atoms with Gasteiger partial charge in [0.15, 0.2) is 9.84 Å². The van der Waals surface area contributed by atoms with Crippen LogP contribution in [0, 0.1) is 13.8 Å². The number of rotatable bonds is 3. The molecule has 22 heavy (non-hydrogen) atoms. The Hall–Kier alpha value is -1.36. The van der Waals surface area contributed by atoms with Crippen molar-refractivity contribution >= 4 is 15.7 Å². The molecule has 122 valence electrons. The quantitative estimate of drug-likeness (QED) is 0.859. The van der Waals surface area contributed by atoms with Crippen LogP contribution in [-0.4, -0.2) is 37.3 Å². The van der Waals surface area contributed by atoms with E-state index in [9.17, 15) is 13.2 Å². The number of carbonyl (C=O) groups excluding carboxylic acids is 1. The topological polar surface area (TPSA) is 54.5 Å². The summed E-state index contributed by atoms with van der Waals surface area (Å²) in [5.41, 5.74) is 3.54. The highest BCUT2D eigenvalue weighted by atomic mass is 32.2. The molecule has 1 heterocycles. The number of aryl methyl sites for hydroxylation is 1. The van der Waals surface area contributed by atoms with E-state index in [2.05, 4.69) is 26.0 Å². The molecule has 1 saturated heterocycles. The predicted molar refractivity (Wildman–Crippen MR) is 88.5 cm³/mol. The second kappa shape index (κ2) is 6.41. The van der Waals surface area contributed by atoms with Crippen molar-refractivity contribution in [3.63, 3.8) is 0 Å². The van der Waals surface area contributed by atoms with Crippen LogP contribution in [0.2, 0.25) is 0 Å². The zero-order valence-electron chi connectivity index (χ0n) is 13.8. The Bertz CT molecular complexity index is 666. The van der Waals surface area contributed by atoms with Gasteiger partial charge < -0.3 is 4.90 Å². The number of piperidine rings is 1. The van der Waals surface area contributed by atoms with Crippen molar-refractivity contribution in [3.05, 3.63) is 34.9 Å². The first kappa shape index (κ1) is 17.0. The normalized spacial score (nSPS) is 20.7. The summed E-state index contributed by atoms with van der Waals surface area (Å²) in [6, 6.07) is 6.12. The van der Waals surface area contributed by atoms with E-state index >= 15 is 0 Å². The number of carbonyl (C=O) groups is 1. The summed E-state index contributed by atoms with van der Waals surface area (Å²) >= 11 is 0. The van der Waals surface area contributed by atoms with Crippen LogP contribution in [0.5, 0.6) is 0 Å². The van der Waals surface area contributed by atoms with E-state index in [1.165, 1.54) is 18.1 Å². The van der Waals surface area contributed by atoms with Crippen LogP contribution in [0.25, 0.3) is 0 Å². The summed E-state index contributed by atoms with van der Waals surface area (Å²) in [6.45, 7) is 6.26. The van der Waals surface area contributed by atoms with Gasteiger partial charge in [-0.25, -0.2) is 8.42 Å². The molecule has 0 spiro atoms. The monoisotopic (exact) mass is 323 g/mol. The zero-order valence-corrected chi connectivity index (χ0v) is 14.6. The highest BCUT2D eigenvalue weighted by Crippen LogP contribution is 2.34. The van der Waals surface area contributed by atoms with Gasteiger partial charge in [0, 0.05) is 12.8 Å². The van der Waals surface area contributed by atoms with Crippen LogP contribution in [0.4, 0.5) is 0 Å². The number of hydrogen-bond acceptors (Lipinski definition) is 3. The van der Waals surface area contributed by atoms with E-state index in [1.54, 1.807) is 4.90 Å². The number of benzene rings is 1. The Balaban J connectivity index is 2.37. The first-order valence-corrected chi connectivity index (χ1v) is 9.74. The lowest BCUT2D eigenvalue weighted by atomic mass is 9.90. The predicted octanol–water partition coefficient (Wildman–Crippen LogP) is 2.79. The van der Waals surface area contributed by atoms with Crippen molar-refractivity contribution in [1.82, 2.24) is 4.90 Å². The van der Waals surface area contributed by atoms with Crippen LogP contribution < -0.4 is 0 Å². The Morgan fingerprint density at radius 3 is 2.59 bits per heavy atom. The van der Waals surface area contributed by atoms with E-state index < -0.39 is 15.1 Å². The maximum Gasteiger partial charge on any atom is 0.241 e. The van der Waals surface area contributed by atoms with Gasteiger partial charge >= 0.3 is 0 Å². The van der Waals surface area contributed by atoms with E-state index in [-0.39, 0.29) is 11.9 Å². The lowest BCUT2D eigenvalue weighted by molar-refractivity contribution is -0.134. The van der Waals surface area contributed by atoms with E-state index in [0.717, 1.165) is 31.1 Å². The van der Waals surface area contributed by atoms with Gasteiger partial charge in [-0.2, -0.15) is 0 Å². The lowest BCUT2D eigenvalue weighted by Gasteiger charge is -2.38. The van der Waals surface area contributed by atoms with E-state index in [4.69, 9.17) is 0 Å². The van der Waals surface area contributed by atoms with Crippen LogP contribution in [0.1, 0.15) is 48.9 Å². The summed E-state index contributed by atoms with van der Waals surface area (Å²) in [5, 5.41) is -0.974. The molecule has 5 heteroatoms. The van der Waals surface area contributed by atoms with Gasteiger partial charge in [0.2, 0.25) is 5.91 Å². The molecule has 0 aromatic heterocycles. The molecule has 4 nitrogen and oxygen atoms in total. The first-order chi connectivity index (χ1) is 10.2. The van der Waals surface area contributed by atoms with Crippen molar-refractivity contribution in [1.29, 1.82) is 0 Å². The Labute approximate surface area is 133 Å². The minimum atomic E-state index is -3.37. The summed E-state index contributed by atoms with van der Waals surface area (Å²) in [7, 11) is -3.37. The smallest absolute Gasteiger partial charge is 0.241 e. The highest BCUT2D eigenvalue weighted by molar-refractivity contribution is 7.92. The Kier molecular flexibility index (Phi) is 4.95. The first-order valence-electron chi connectivity index (χ1n) is 7.79. The molecule has 1 aromatic carbocycles. The molecule has 0 radical (unpaired) electrons. The van der Waals surface area contributed by atoms with Crippen molar-refractivity contribution in [3.8, 4) is 0 Å². The van der Waals surface area contributed by atoms with Gasteiger partial charge in [-0.05, 0) is 56.7 Å². The molecule has 0 saturated carbocycles. The van der Waals surface area contributed by atoms with Crippen LogP contribution in [0.3, 0.4) is 0 Å². The molecular weight excluding hydrogens is 298 g/mol. The number of hydrogen-bond donors (Lipinski definition) is 0. The fourth-order valence-electron chi connectivity index (χ4n) is 3.07. The number of likely N-dealkylation sites (tertiary alicyclic amines) is 1. The Morgan fingerprint density at radius 1 is 1.27 bits per heavy atom. The average Bonchev–Trinajstić information content (AvgIpc) is 2.47. The van der Waals surface area contributed by atoms with Crippen molar-refractivity contribution in [2.24, 2.45) is 0 Å². The molecule has 1 aliphatic rings. The number of sulfone groups is 1.